The molecule has 172 valence electrons. The van der Waals surface area contributed by atoms with Crippen LogP contribution < -0.4 is 5.32 Å². The number of benzene rings is 2. The number of aromatic nitrogens is 2. The molecule has 0 saturated carbocycles. The van der Waals surface area contributed by atoms with Crippen LogP contribution in [0.5, 0.6) is 0 Å². The summed E-state index contributed by atoms with van der Waals surface area (Å²) in [6, 6.07) is 15.2. The Kier molecular flexibility index (Phi) is 10.1. The average molecular weight is 454 g/mol. The Hall–Kier alpha value is -2.33. The minimum atomic E-state index is -0.112. The van der Waals surface area contributed by atoms with Gasteiger partial charge in [0.1, 0.15) is 5.82 Å². The predicted molar refractivity (Wildman–Crippen MR) is 134 cm³/mol. The number of carbonyl (C=O) groups is 1. The fourth-order valence-electron chi connectivity index (χ4n) is 4.13. The smallest absolute Gasteiger partial charge is 0.251 e. The second-order valence-electron chi connectivity index (χ2n) is 8.54. The van der Waals surface area contributed by atoms with Gasteiger partial charge in [0.25, 0.3) is 5.91 Å². The van der Waals surface area contributed by atoms with Gasteiger partial charge in [0.15, 0.2) is 0 Å². The number of amides is 1. The van der Waals surface area contributed by atoms with Crippen molar-refractivity contribution in [1.29, 1.82) is 0 Å². The van der Waals surface area contributed by atoms with Gasteiger partial charge < -0.3 is 9.88 Å². The third-order valence-electron chi connectivity index (χ3n) is 5.98. The van der Waals surface area contributed by atoms with E-state index in [1.165, 1.54) is 57.8 Å². The van der Waals surface area contributed by atoms with Crippen molar-refractivity contribution < 1.29 is 4.79 Å². The summed E-state index contributed by atoms with van der Waals surface area (Å²) in [5.41, 5.74) is 2.72. The van der Waals surface area contributed by atoms with Crippen LogP contribution in [0.1, 0.15) is 87.3 Å². The maximum absolute atomic E-state index is 12.5. The minimum absolute atomic E-state index is 0.112. The van der Waals surface area contributed by atoms with E-state index in [-0.39, 0.29) is 5.91 Å². The van der Waals surface area contributed by atoms with Gasteiger partial charge in [0.05, 0.1) is 17.6 Å². The second kappa shape index (κ2) is 13.3. The van der Waals surface area contributed by atoms with Gasteiger partial charge in [-0.05, 0) is 42.8 Å². The number of nitrogens with one attached hydrogen (secondary N) is 1. The van der Waals surface area contributed by atoms with Gasteiger partial charge >= 0.3 is 0 Å². The minimum Gasteiger partial charge on any atom is -0.345 e. The summed E-state index contributed by atoms with van der Waals surface area (Å²) >= 11 is 5.92. The van der Waals surface area contributed by atoms with Crippen molar-refractivity contribution in [3.05, 3.63) is 64.9 Å². The molecule has 32 heavy (non-hydrogen) atoms. The molecule has 5 heteroatoms. The van der Waals surface area contributed by atoms with Gasteiger partial charge in [-0.2, -0.15) is 0 Å². The van der Waals surface area contributed by atoms with Gasteiger partial charge in [-0.3, -0.25) is 4.79 Å². The molecule has 0 bridgehead atoms. The normalized spacial score (nSPS) is 11.2. The number of hydrogen-bond acceptors (Lipinski definition) is 2. The maximum Gasteiger partial charge on any atom is 0.251 e. The molecule has 0 saturated heterocycles. The highest BCUT2D eigenvalue weighted by Crippen LogP contribution is 2.18. The number of fused-ring (bicyclic) bond motifs is 1. The van der Waals surface area contributed by atoms with Crippen LogP contribution in [0, 0.1) is 0 Å². The van der Waals surface area contributed by atoms with Crippen molar-refractivity contribution in [2.45, 2.75) is 84.2 Å². The fraction of sp³-hybridized carbons (Fsp3) is 0.481. The molecule has 1 N–H and O–H groups in total. The van der Waals surface area contributed by atoms with Crippen LogP contribution in [-0.4, -0.2) is 15.5 Å². The van der Waals surface area contributed by atoms with Crippen LogP contribution >= 0.6 is 11.6 Å². The lowest BCUT2D eigenvalue weighted by atomic mass is 10.1. The van der Waals surface area contributed by atoms with Crippen molar-refractivity contribution >= 4 is 28.5 Å². The lowest BCUT2D eigenvalue weighted by Gasteiger charge is -2.10. The van der Waals surface area contributed by atoms with Crippen LogP contribution in [-0.2, 0) is 13.1 Å². The van der Waals surface area contributed by atoms with E-state index >= 15 is 0 Å². The molecule has 1 amide bonds. The highest BCUT2D eigenvalue weighted by Gasteiger charge is 2.12. The molecule has 0 spiro atoms. The molecule has 1 heterocycles. The van der Waals surface area contributed by atoms with E-state index in [9.17, 15) is 4.79 Å². The number of aryl methyl sites for hydroxylation is 1. The maximum atomic E-state index is 12.5. The average Bonchev–Trinajstić information content (AvgIpc) is 3.16. The first kappa shape index (κ1) is 24.3. The summed E-state index contributed by atoms with van der Waals surface area (Å²) in [4.78, 5) is 17.3. The summed E-state index contributed by atoms with van der Waals surface area (Å²) in [5.74, 6) is 0.795. The number of nitrogens with zero attached hydrogens (tertiary/aromatic N) is 2. The van der Waals surface area contributed by atoms with E-state index in [1.54, 1.807) is 24.3 Å². The number of halogens is 1. The standard InChI is InChI=1S/C27H36ClN3O/c1-2-3-4-5-6-7-8-9-10-13-20-31-25-15-12-11-14-24(25)30-26(31)21-29-27(32)22-16-18-23(28)19-17-22/h11-12,14-19H,2-10,13,20-21H2,1H3,(H,29,32). The Morgan fingerprint density at radius 2 is 1.50 bits per heavy atom. The number of rotatable bonds is 14. The summed E-state index contributed by atoms with van der Waals surface area (Å²) < 4.78 is 2.27. The van der Waals surface area contributed by atoms with E-state index in [2.05, 4.69) is 28.9 Å². The predicted octanol–water partition coefficient (Wildman–Crippen LogP) is 7.54. The lowest BCUT2D eigenvalue weighted by molar-refractivity contribution is 0.0949. The van der Waals surface area contributed by atoms with Crippen molar-refractivity contribution in [3.63, 3.8) is 0 Å². The number of unbranched alkanes of at least 4 members (excludes halogenated alkanes) is 9. The summed E-state index contributed by atoms with van der Waals surface area (Å²) in [5, 5.41) is 3.63. The molecule has 0 atom stereocenters. The van der Waals surface area contributed by atoms with Crippen LogP contribution in [0.25, 0.3) is 11.0 Å². The SMILES string of the molecule is CCCCCCCCCCCCn1c(CNC(=O)c2ccc(Cl)cc2)nc2ccccc21. The number of imidazole rings is 1. The molecule has 2 aromatic carbocycles. The number of para-hydroxylation sites is 2. The molecule has 0 aliphatic heterocycles. The monoisotopic (exact) mass is 453 g/mol. The zero-order valence-corrected chi connectivity index (χ0v) is 20.0. The molecule has 0 aliphatic rings. The van der Waals surface area contributed by atoms with Crippen LogP contribution in [0.2, 0.25) is 5.02 Å². The van der Waals surface area contributed by atoms with Crippen molar-refractivity contribution in [2.75, 3.05) is 0 Å². The molecule has 0 fully saturated rings. The Morgan fingerprint density at radius 3 is 2.19 bits per heavy atom. The topological polar surface area (TPSA) is 46.9 Å². The Balaban J connectivity index is 1.49. The number of carbonyl (C=O) groups excluding carboxylic acids is 1. The molecule has 0 unspecified atom stereocenters. The van der Waals surface area contributed by atoms with Crippen molar-refractivity contribution in [1.82, 2.24) is 14.9 Å². The van der Waals surface area contributed by atoms with E-state index in [1.807, 2.05) is 12.1 Å². The zero-order valence-electron chi connectivity index (χ0n) is 19.3. The fourth-order valence-corrected chi connectivity index (χ4v) is 4.26. The van der Waals surface area contributed by atoms with E-state index in [0.29, 0.717) is 17.1 Å². The first-order chi connectivity index (χ1) is 15.7. The highest BCUT2D eigenvalue weighted by molar-refractivity contribution is 6.30. The van der Waals surface area contributed by atoms with E-state index in [0.717, 1.165) is 29.8 Å². The van der Waals surface area contributed by atoms with E-state index < -0.39 is 0 Å². The van der Waals surface area contributed by atoms with Crippen LogP contribution in [0.15, 0.2) is 48.5 Å². The van der Waals surface area contributed by atoms with Crippen LogP contribution in [0.3, 0.4) is 0 Å². The Bertz CT molecular complexity index is 965. The lowest BCUT2D eigenvalue weighted by Crippen LogP contribution is -2.24. The molecular formula is C27H36ClN3O. The first-order valence-electron chi connectivity index (χ1n) is 12.2. The molecule has 4 nitrogen and oxygen atoms in total. The molecule has 3 aromatic rings. The van der Waals surface area contributed by atoms with Crippen LogP contribution in [0.4, 0.5) is 0 Å². The first-order valence-corrected chi connectivity index (χ1v) is 12.5. The van der Waals surface area contributed by atoms with Gasteiger partial charge in [0.2, 0.25) is 0 Å². The molecule has 0 aliphatic carbocycles. The van der Waals surface area contributed by atoms with Gasteiger partial charge in [0, 0.05) is 17.1 Å². The van der Waals surface area contributed by atoms with Crippen molar-refractivity contribution in [3.8, 4) is 0 Å². The summed E-state index contributed by atoms with van der Waals surface area (Å²) in [7, 11) is 0. The third-order valence-corrected chi connectivity index (χ3v) is 6.23. The molecule has 3 rings (SSSR count). The largest absolute Gasteiger partial charge is 0.345 e. The van der Waals surface area contributed by atoms with Gasteiger partial charge in [-0.25, -0.2) is 4.98 Å². The zero-order chi connectivity index (χ0) is 22.6. The van der Waals surface area contributed by atoms with E-state index in [4.69, 9.17) is 16.6 Å². The summed E-state index contributed by atoms with van der Waals surface area (Å²) in [6.07, 6.45) is 13.2. The van der Waals surface area contributed by atoms with Gasteiger partial charge in [-0.1, -0.05) is 88.4 Å². The molecule has 1 aromatic heterocycles. The van der Waals surface area contributed by atoms with Crippen molar-refractivity contribution in [2.24, 2.45) is 0 Å². The quantitative estimate of drug-likeness (QED) is 0.256. The summed E-state index contributed by atoms with van der Waals surface area (Å²) in [6.45, 7) is 3.61. The third kappa shape index (κ3) is 7.37. The van der Waals surface area contributed by atoms with Gasteiger partial charge in [-0.15, -0.1) is 0 Å². The number of hydrogen-bond donors (Lipinski definition) is 1. The Morgan fingerprint density at radius 1 is 0.875 bits per heavy atom. The molecular weight excluding hydrogens is 418 g/mol. The molecule has 0 radical (unpaired) electrons. The Labute approximate surface area is 197 Å². The second-order valence-corrected chi connectivity index (χ2v) is 8.98. The highest BCUT2D eigenvalue weighted by atomic mass is 35.5.